The van der Waals surface area contributed by atoms with Crippen LogP contribution in [0.25, 0.3) is 11.1 Å². The van der Waals surface area contributed by atoms with E-state index in [0.717, 1.165) is 36.4 Å². The van der Waals surface area contributed by atoms with Crippen molar-refractivity contribution in [3.05, 3.63) is 83.9 Å². The van der Waals surface area contributed by atoms with E-state index < -0.39 is 63.3 Å². The molecule has 0 saturated carbocycles. The molecule has 1 amide bonds. The van der Waals surface area contributed by atoms with Crippen LogP contribution in [0, 0.1) is 5.82 Å². The summed E-state index contributed by atoms with van der Waals surface area (Å²) in [5, 5.41) is 2.40. The van der Waals surface area contributed by atoms with E-state index in [1.807, 2.05) is 0 Å². The number of nitrogens with zero attached hydrogens (tertiary/aromatic N) is 2. The van der Waals surface area contributed by atoms with Gasteiger partial charge in [-0.15, -0.1) is 0 Å². The van der Waals surface area contributed by atoms with Crippen LogP contribution in [0.1, 0.15) is 17.7 Å². The Bertz CT molecular complexity index is 1390. The first-order valence-electron chi connectivity index (χ1n) is 10.8. The summed E-state index contributed by atoms with van der Waals surface area (Å²) in [6.45, 7) is -1.47. The molecule has 2 heterocycles. The molecule has 6 nitrogen and oxygen atoms in total. The molecule has 1 saturated heterocycles. The molecule has 1 atom stereocenters. The number of carbonyl (C=O) groups excluding carboxylic acids is 1. The summed E-state index contributed by atoms with van der Waals surface area (Å²) >= 11 is 0. The minimum Gasteiger partial charge on any atom is -0.349 e. The van der Waals surface area contributed by atoms with Crippen molar-refractivity contribution in [3.8, 4) is 11.1 Å². The summed E-state index contributed by atoms with van der Waals surface area (Å²) < 4.78 is 106. The summed E-state index contributed by atoms with van der Waals surface area (Å²) in [4.78, 5) is 16.4. The predicted octanol–water partition coefficient (Wildman–Crippen LogP) is 4.62. The molecule has 37 heavy (non-hydrogen) atoms. The molecule has 0 spiro atoms. The number of alkyl halides is 5. The highest BCUT2D eigenvalue weighted by atomic mass is 32.2. The number of nitrogens with one attached hydrogen (secondary N) is 1. The molecule has 0 radical (unpaired) electrons. The van der Waals surface area contributed by atoms with Crippen LogP contribution in [-0.4, -0.2) is 42.1 Å². The summed E-state index contributed by atoms with van der Waals surface area (Å²) in [6, 6.07) is 9.31. The van der Waals surface area contributed by atoms with Crippen LogP contribution in [0.3, 0.4) is 0 Å². The van der Waals surface area contributed by atoms with Gasteiger partial charge in [-0.25, -0.2) is 21.6 Å². The highest BCUT2D eigenvalue weighted by Crippen LogP contribution is 2.36. The Morgan fingerprint density at radius 2 is 1.68 bits per heavy atom. The predicted molar refractivity (Wildman–Crippen MR) is 120 cm³/mol. The Morgan fingerprint density at radius 1 is 1.03 bits per heavy atom. The summed E-state index contributed by atoms with van der Waals surface area (Å²) in [5.74, 6) is -5.16. The number of aromatic nitrogens is 1. The van der Waals surface area contributed by atoms with Crippen LogP contribution in [0.5, 0.6) is 0 Å². The van der Waals surface area contributed by atoms with E-state index in [4.69, 9.17) is 0 Å². The molecule has 13 heteroatoms. The van der Waals surface area contributed by atoms with Crippen LogP contribution in [0.4, 0.5) is 26.3 Å². The lowest BCUT2D eigenvalue weighted by molar-refractivity contribution is -0.137. The zero-order valence-corrected chi connectivity index (χ0v) is 19.7. The topological polar surface area (TPSA) is 79.4 Å². The van der Waals surface area contributed by atoms with Crippen molar-refractivity contribution in [2.45, 2.75) is 36.0 Å². The maximum atomic E-state index is 14.2. The number of sulfonamides is 1. The number of amides is 1. The third kappa shape index (κ3) is 5.93. The lowest BCUT2D eigenvalue weighted by Crippen LogP contribution is -2.45. The van der Waals surface area contributed by atoms with Gasteiger partial charge in [-0.2, -0.15) is 17.5 Å². The molecule has 0 bridgehead atoms. The van der Waals surface area contributed by atoms with Gasteiger partial charge in [-0.3, -0.25) is 9.78 Å². The summed E-state index contributed by atoms with van der Waals surface area (Å²) in [7, 11) is -4.53. The second kappa shape index (κ2) is 9.78. The Kier molecular flexibility index (Phi) is 7.04. The molecular weight excluding hydrogens is 524 g/mol. The normalized spacial score (nSPS) is 18.1. The van der Waals surface area contributed by atoms with Gasteiger partial charge >= 0.3 is 6.18 Å². The lowest BCUT2D eigenvalue weighted by Gasteiger charge is -2.22. The fourth-order valence-electron chi connectivity index (χ4n) is 3.91. The van der Waals surface area contributed by atoms with Gasteiger partial charge in [-0.05, 0) is 59.7 Å². The van der Waals surface area contributed by atoms with Gasteiger partial charge in [0.2, 0.25) is 15.9 Å². The largest absolute Gasteiger partial charge is 0.416 e. The van der Waals surface area contributed by atoms with Crippen LogP contribution in [0.15, 0.2) is 71.8 Å². The number of hydrogen-bond donors (Lipinski definition) is 1. The van der Waals surface area contributed by atoms with E-state index in [0.29, 0.717) is 15.4 Å². The van der Waals surface area contributed by atoms with Gasteiger partial charge < -0.3 is 5.32 Å². The first-order valence-corrected chi connectivity index (χ1v) is 12.3. The fourth-order valence-corrected chi connectivity index (χ4v) is 5.52. The standard InChI is InChI=1S/C24H19F6N3O3S/c25-18-5-7-20(8-6-18)37(35,36)33-14-23(26,27)12-21(33)22(34)32-13-19-11-16(9-10-31-19)15-1-3-17(4-2-15)24(28,29)30/h1-11,21H,12-14H2,(H,32,34). The van der Waals surface area contributed by atoms with Crippen LogP contribution in [-0.2, 0) is 27.5 Å². The minimum atomic E-state index is -4.53. The van der Waals surface area contributed by atoms with Gasteiger partial charge in [0.05, 0.1) is 29.2 Å². The molecule has 1 N–H and O–H groups in total. The second-order valence-electron chi connectivity index (χ2n) is 8.41. The van der Waals surface area contributed by atoms with Crippen LogP contribution in [0.2, 0.25) is 0 Å². The van der Waals surface area contributed by atoms with E-state index in [9.17, 15) is 39.6 Å². The zero-order valence-electron chi connectivity index (χ0n) is 18.8. The molecule has 196 valence electrons. The Balaban J connectivity index is 1.49. The van der Waals surface area contributed by atoms with Crippen LogP contribution < -0.4 is 5.32 Å². The second-order valence-corrected chi connectivity index (χ2v) is 10.3. The van der Waals surface area contributed by atoms with Crippen molar-refractivity contribution in [2.24, 2.45) is 0 Å². The van der Waals surface area contributed by atoms with Gasteiger partial charge in [0.1, 0.15) is 11.9 Å². The average molecular weight is 543 g/mol. The van der Waals surface area contributed by atoms with Crippen molar-refractivity contribution in [1.82, 2.24) is 14.6 Å². The van der Waals surface area contributed by atoms with Crippen molar-refractivity contribution in [1.29, 1.82) is 0 Å². The van der Waals surface area contributed by atoms with Crippen molar-refractivity contribution >= 4 is 15.9 Å². The number of rotatable bonds is 6. The van der Waals surface area contributed by atoms with Gasteiger partial charge in [-0.1, -0.05) is 12.1 Å². The molecule has 1 unspecified atom stereocenters. The number of benzene rings is 2. The first-order chi connectivity index (χ1) is 17.3. The molecule has 1 aliphatic rings. The number of carbonyl (C=O) groups is 1. The van der Waals surface area contributed by atoms with E-state index in [1.54, 1.807) is 6.07 Å². The highest BCUT2D eigenvalue weighted by molar-refractivity contribution is 7.89. The summed E-state index contributed by atoms with van der Waals surface area (Å²) in [5.41, 5.74) is 0.408. The van der Waals surface area contributed by atoms with Gasteiger partial charge in [0.15, 0.2) is 0 Å². The minimum absolute atomic E-state index is 0.250. The molecule has 4 rings (SSSR count). The molecule has 3 aromatic rings. The van der Waals surface area contributed by atoms with E-state index in [1.165, 1.54) is 24.4 Å². The molecular formula is C24H19F6N3O3S. The molecule has 0 aliphatic carbocycles. The molecule has 1 aliphatic heterocycles. The molecule has 1 aromatic heterocycles. The fraction of sp³-hybridized carbons (Fsp3) is 0.250. The number of halogens is 6. The van der Waals surface area contributed by atoms with Crippen molar-refractivity contribution in [3.63, 3.8) is 0 Å². The summed E-state index contributed by atoms with van der Waals surface area (Å²) in [6.07, 6.45) is -4.16. The molecule has 1 fully saturated rings. The SMILES string of the molecule is O=C(NCc1cc(-c2ccc(C(F)(F)F)cc2)ccn1)C1CC(F)(F)CN1S(=O)(=O)c1ccc(F)cc1. The maximum absolute atomic E-state index is 14.2. The zero-order chi connectivity index (χ0) is 27.0. The van der Waals surface area contributed by atoms with E-state index >= 15 is 0 Å². The highest BCUT2D eigenvalue weighted by Gasteiger charge is 2.52. The third-order valence-electron chi connectivity index (χ3n) is 5.76. The van der Waals surface area contributed by atoms with Crippen molar-refractivity contribution < 1.29 is 39.6 Å². The third-order valence-corrected chi connectivity index (χ3v) is 7.62. The maximum Gasteiger partial charge on any atom is 0.416 e. The number of pyridine rings is 1. The monoisotopic (exact) mass is 543 g/mol. The van der Waals surface area contributed by atoms with Gasteiger partial charge in [0.25, 0.3) is 5.92 Å². The van der Waals surface area contributed by atoms with Gasteiger partial charge in [0, 0.05) is 12.6 Å². The van der Waals surface area contributed by atoms with Crippen LogP contribution >= 0.6 is 0 Å². The van der Waals surface area contributed by atoms with Crippen molar-refractivity contribution in [2.75, 3.05) is 6.54 Å². The molecule has 2 aromatic carbocycles. The average Bonchev–Trinajstić information content (AvgIpc) is 3.19. The quantitative estimate of drug-likeness (QED) is 0.461. The van der Waals surface area contributed by atoms with E-state index in [2.05, 4.69) is 10.3 Å². The lowest BCUT2D eigenvalue weighted by atomic mass is 10.0. The Morgan fingerprint density at radius 3 is 2.30 bits per heavy atom. The first kappa shape index (κ1) is 26.6. The number of hydrogen-bond acceptors (Lipinski definition) is 4. The van der Waals surface area contributed by atoms with E-state index in [-0.39, 0.29) is 12.2 Å². The Hall–Kier alpha value is -3.45. The Labute approximate surface area is 208 Å². The smallest absolute Gasteiger partial charge is 0.349 e.